The quantitative estimate of drug-likeness (QED) is 0.678. The van der Waals surface area contributed by atoms with E-state index in [1.165, 1.54) is 0 Å². The van der Waals surface area contributed by atoms with Crippen LogP contribution in [0.3, 0.4) is 0 Å². The lowest BCUT2D eigenvalue weighted by Crippen LogP contribution is -2.31. The molecule has 0 aliphatic heterocycles. The van der Waals surface area contributed by atoms with E-state index < -0.39 is 0 Å². The first-order chi connectivity index (χ1) is 11.7. The van der Waals surface area contributed by atoms with Gasteiger partial charge in [0.05, 0.1) is 13.7 Å². The molecule has 0 aromatic heterocycles. The maximum atomic E-state index is 9.34. The van der Waals surface area contributed by atoms with Crippen molar-refractivity contribution in [2.24, 2.45) is 0 Å². The number of hydrogen-bond acceptors (Lipinski definition) is 4. The summed E-state index contributed by atoms with van der Waals surface area (Å²) < 4.78 is 11.4. The number of benzene rings is 2. The normalized spacial score (nSPS) is 11.5. The third kappa shape index (κ3) is 6.40. The van der Waals surface area contributed by atoms with Crippen LogP contribution in [0.1, 0.15) is 24.5 Å². The van der Waals surface area contributed by atoms with Crippen LogP contribution in [0, 0.1) is 0 Å². The fraction of sp³-hybridized carbons (Fsp3) is 0.368. The van der Waals surface area contributed by atoms with Gasteiger partial charge in [0.2, 0.25) is 0 Å². The first kappa shape index (κ1) is 21.6. The Labute approximate surface area is 160 Å². The molecular weight excluding hydrogens is 361 g/mol. The molecule has 4 nitrogen and oxygen atoms in total. The van der Waals surface area contributed by atoms with Crippen LogP contribution in [0.2, 0.25) is 5.02 Å². The summed E-state index contributed by atoms with van der Waals surface area (Å²) in [6.07, 6.45) is 0.842. The molecule has 138 valence electrons. The van der Waals surface area contributed by atoms with Gasteiger partial charge < -0.3 is 19.9 Å². The Morgan fingerprint density at radius 1 is 1.20 bits per heavy atom. The van der Waals surface area contributed by atoms with Crippen molar-refractivity contribution in [3.05, 3.63) is 58.6 Å². The molecule has 0 aliphatic rings. The molecule has 2 aromatic rings. The highest BCUT2D eigenvalue weighted by molar-refractivity contribution is 6.30. The zero-order chi connectivity index (χ0) is 17.4. The highest BCUT2D eigenvalue weighted by Crippen LogP contribution is 2.35. The first-order valence-corrected chi connectivity index (χ1v) is 8.43. The van der Waals surface area contributed by atoms with Gasteiger partial charge in [0.25, 0.3) is 0 Å². The number of ether oxygens (including phenoxy) is 2. The first-order valence-electron chi connectivity index (χ1n) is 8.05. The van der Waals surface area contributed by atoms with Crippen molar-refractivity contribution in [1.29, 1.82) is 0 Å². The molecule has 2 N–H and O–H groups in total. The largest absolute Gasteiger partial charge is 0.493 e. The zero-order valence-corrected chi connectivity index (χ0v) is 16.1. The molecule has 2 rings (SSSR count). The predicted molar refractivity (Wildman–Crippen MR) is 104 cm³/mol. The summed E-state index contributed by atoms with van der Waals surface area (Å²) in [7, 11) is 1.60. The number of aliphatic hydroxyl groups is 1. The lowest BCUT2D eigenvalue weighted by atomic mass is 10.1. The van der Waals surface area contributed by atoms with E-state index in [-0.39, 0.29) is 25.1 Å². The standard InChI is InChI=1S/C19H24ClNO3.ClH/c1-3-17(12-22)21-11-15-9-16(20)10-18(23-2)19(15)24-13-14-7-5-4-6-8-14;/h4-10,17,21-22H,3,11-13H2,1-2H3;1H. The molecule has 0 bridgehead atoms. The highest BCUT2D eigenvalue weighted by Gasteiger charge is 2.14. The molecule has 1 unspecified atom stereocenters. The summed E-state index contributed by atoms with van der Waals surface area (Å²) in [5, 5.41) is 13.2. The minimum absolute atomic E-state index is 0. The Hall–Kier alpha value is -1.46. The topological polar surface area (TPSA) is 50.7 Å². The number of halogens is 2. The lowest BCUT2D eigenvalue weighted by molar-refractivity contribution is 0.236. The van der Waals surface area contributed by atoms with Crippen LogP contribution in [0.4, 0.5) is 0 Å². The van der Waals surface area contributed by atoms with E-state index in [9.17, 15) is 5.11 Å². The molecular formula is C19H25Cl2NO3. The average molecular weight is 386 g/mol. The smallest absolute Gasteiger partial charge is 0.166 e. The van der Waals surface area contributed by atoms with Crippen molar-refractivity contribution >= 4 is 24.0 Å². The maximum absolute atomic E-state index is 9.34. The molecule has 0 spiro atoms. The second-order valence-electron chi connectivity index (χ2n) is 5.54. The summed E-state index contributed by atoms with van der Waals surface area (Å²) in [5.74, 6) is 1.28. The van der Waals surface area contributed by atoms with Crippen molar-refractivity contribution < 1.29 is 14.6 Å². The van der Waals surface area contributed by atoms with Gasteiger partial charge in [-0.25, -0.2) is 0 Å². The molecule has 0 saturated carbocycles. The van der Waals surface area contributed by atoms with Gasteiger partial charge in [-0.3, -0.25) is 0 Å². The third-order valence-corrected chi connectivity index (χ3v) is 4.06. The Bertz CT molecular complexity index is 634. The summed E-state index contributed by atoms with van der Waals surface area (Å²) in [6.45, 7) is 3.11. The van der Waals surface area contributed by atoms with Crippen LogP contribution in [-0.4, -0.2) is 24.9 Å². The monoisotopic (exact) mass is 385 g/mol. The van der Waals surface area contributed by atoms with Crippen molar-refractivity contribution in [2.75, 3.05) is 13.7 Å². The van der Waals surface area contributed by atoms with Crippen LogP contribution >= 0.6 is 24.0 Å². The fourth-order valence-corrected chi connectivity index (χ4v) is 2.62. The van der Waals surface area contributed by atoms with E-state index in [4.69, 9.17) is 21.1 Å². The highest BCUT2D eigenvalue weighted by atomic mass is 35.5. The van der Waals surface area contributed by atoms with Crippen LogP contribution in [0.25, 0.3) is 0 Å². The Morgan fingerprint density at radius 2 is 1.92 bits per heavy atom. The van der Waals surface area contributed by atoms with Gasteiger partial charge >= 0.3 is 0 Å². The maximum Gasteiger partial charge on any atom is 0.166 e. The average Bonchev–Trinajstić information content (AvgIpc) is 2.62. The van der Waals surface area contributed by atoms with Gasteiger partial charge in [-0.1, -0.05) is 48.9 Å². The molecule has 0 amide bonds. The predicted octanol–water partition coefficient (Wildman–Crippen LogP) is 4.21. The third-order valence-electron chi connectivity index (χ3n) is 3.84. The van der Waals surface area contributed by atoms with E-state index in [0.717, 1.165) is 17.5 Å². The SMILES string of the molecule is CCC(CO)NCc1cc(Cl)cc(OC)c1OCc1ccccc1.Cl. The molecule has 6 heteroatoms. The Morgan fingerprint density at radius 3 is 2.52 bits per heavy atom. The zero-order valence-electron chi connectivity index (χ0n) is 14.5. The number of methoxy groups -OCH3 is 1. The Balaban J connectivity index is 0.00000312. The van der Waals surface area contributed by atoms with Crippen LogP contribution in [0.15, 0.2) is 42.5 Å². The molecule has 0 heterocycles. The number of aliphatic hydroxyl groups excluding tert-OH is 1. The fourth-order valence-electron chi connectivity index (χ4n) is 2.39. The Kier molecular flexibility index (Phi) is 9.68. The molecule has 0 saturated heterocycles. The second-order valence-corrected chi connectivity index (χ2v) is 5.98. The van der Waals surface area contributed by atoms with Gasteiger partial charge in [0.1, 0.15) is 6.61 Å². The summed E-state index contributed by atoms with van der Waals surface area (Å²) in [4.78, 5) is 0. The molecule has 0 radical (unpaired) electrons. The number of hydrogen-bond donors (Lipinski definition) is 2. The van der Waals surface area contributed by atoms with Gasteiger partial charge in [0.15, 0.2) is 11.5 Å². The van der Waals surface area contributed by atoms with E-state index in [1.807, 2.05) is 43.3 Å². The van der Waals surface area contributed by atoms with Crippen LogP contribution in [-0.2, 0) is 13.2 Å². The minimum Gasteiger partial charge on any atom is -0.493 e. The number of nitrogens with one attached hydrogen (secondary N) is 1. The summed E-state index contributed by atoms with van der Waals surface area (Å²) >= 11 is 6.19. The van der Waals surface area contributed by atoms with E-state index >= 15 is 0 Å². The van der Waals surface area contributed by atoms with Gasteiger partial charge in [-0.2, -0.15) is 0 Å². The second kappa shape index (κ2) is 11.2. The van der Waals surface area contributed by atoms with Crippen molar-refractivity contribution in [1.82, 2.24) is 5.32 Å². The van der Waals surface area contributed by atoms with Crippen molar-refractivity contribution in [3.8, 4) is 11.5 Å². The van der Waals surface area contributed by atoms with Crippen LogP contribution < -0.4 is 14.8 Å². The molecule has 2 aromatic carbocycles. The van der Waals surface area contributed by atoms with Crippen molar-refractivity contribution in [2.45, 2.75) is 32.5 Å². The van der Waals surface area contributed by atoms with Crippen molar-refractivity contribution in [3.63, 3.8) is 0 Å². The van der Waals surface area contributed by atoms with Crippen LogP contribution in [0.5, 0.6) is 11.5 Å². The van der Waals surface area contributed by atoms with Gasteiger partial charge in [0, 0.05) is 29.2 Å². The number of rotatable bonds is 9. The van der Waals surface area contributed by atoms with Gasteiger partial charge in [-0.05, 0) is 18.1 Å². The molecule has 1 atom stereocenters. The lowest BCUT2D eigenvalue weighted by Gasteiger charge is -2.19. The summed E-state index contributed by atoms with van der Waals surface area (Å²) in [6, 6.07) is 13.6. The van der Waals surface area contributed by atoms with E-state index in [2.05, 4.69) is 5.32 Å². The minimum atomic E-state index is 0. The van der Waals surface area contributed by atoms with Gasteiger partial charge in [-0.15, -0.1) is 12.4 Å². The van der Waals surface area contributed by atoms with E-state index in [1.54, 1.807) is 13.2 Å². The summed E-state index contributed by atoms with van der Waals surface area (Å²) in [5.41, 5.74) is 1.98. The molecule has 25 heavy (non-hydrogen) atoms. The molecule has 0 fully saturated rings. The molecule has 0 aliphatic carbocycles. The van der Waals surface area contributed by atoms with E-state index in [0.29, 0.717) is 29.7 Å².